The molecule has 2 aromatic rings. The Morgan fingerprint density at radius 1 is 1.23 bits per heavy atom. The van der Waals surface area contributed by atoms with Gasteiger partial charge in [-0.15, -0.1) is 24.0 Å². The Labute approximate surface area is 172 Å². The number of aliphatic imine (C=N–C) groups is 1. The summed E-state index contributed by atoms with van der Waals surface area (Å²) < 4.78 is 13.5. The monoisotopic (exact) mass is 471 g/mol. The Bertz CT molecular complexity index is 737. The first-order valence-electron chi connectivity index (χ1n) is 8.53. The molecule has 4 nitrogen and oxygen atoms in total. The first-order valence-corrected chi connectivity index (χ1v) is 8.53. The zero-order chi connectivity index (χ0) is 18.2. The van der Waals surface area contributed by atoms with Crippen LogP contribution in [0, 0.1) is 12.7 Å². The summed E-state index contributed by atoms with van der Waals surface area (Å²) in [5.74, 6) is 0.307. The minimum absolute atomic E-state index is 0. The van der Waals surface area contributed by atoms with Crippen LogP contribution in [0.15, 0.2) is 47.5 Å². The maximum absolute atomic E-state index is 13.5. The van der Waals surface area contributed by atoms with Crippen molar-refractivity contribution in [2.24, 2.45) is 4.99 Å². The number of rotatable bonds is 6. The number of guanidine groups is 1. The van der Waals surface area contributed by atoms with Gasteiger partial charge in [-0.05, 0) is 49.6 Å². The Morgan fingerprint density at radius 3 is 2.62 bits per heavy atom. The Hall–Kier alpha value is -1.67. The van der Waals surface area contributed by atoms with E-state index < -0.39 is 5.82 Å². The average molecular weight is 471 g/mol. The number of halogens is 2. The molecule has 0 saturated heterocycles. The van der Waals surface area contributed by atoms with Crippen LogP contribution in [0.2, 0.25) is 0 Å². The smallest absolute Gasteiger partial charge is 0.192 e. The predicted molar refractivity (Wildman–Crippen MR) is 115 cm³/mol. The molecule has 1 atom stereocenters. The number of nitrogens with one attached hydrogen (secondary N) is 2. The van der Waals surface area contributed by atoms with E-state index in [0.717, 1.165) is 12.1 Å². The molecule has 0 aliphatic carbocycles. The summed E-state index contributed by atoms with van der Waals surface area (Å²) in [6, 6.07) is 13.1. The molecule has 0 radical (unpaired) electrons. The summed E-state index contributed by atoms with van der Waals surface area (Å²) in [4.78, 5) is 4.57. The molecule has 6 heteroatoms. The van der Waals surface area contributed by atoms with Gasteiger partial charge >= 0.3 is 0 Å². The molecule has 0 aliphatic heterocycles. The van der Waals surface area contributed by atoms with Gasteiger partial charge < -0.3 is 15.7 Å². The number of aliphatic hydroxyl groups excluding tert-OH is 1. The molecule has 2 aromatic carbocycles. The summed E-state index contributed by atoms with van der Waals surface area (Å²) in [6.45, 7) is 7.04. The van der Waals surface area contributed by atoms with E-state index in [4.69, 9.17) is 0 Å². The molecule has 0 spiro atoms. The van der Waals surface area contributed by atoms with Crippen molar-refractivity contribution in [3.8, 4) is 0 Å². The van der Waals surface area contributed by atoms with Crippen molar-refractivity contribution >= 4 is 29.9 Å². The van der Waals surface area contributed by atoms with Gasteiger partial charge in [0.05, 0.1) is 19.2 Å². The molecule has 142 valence electrons. The van der Waals surface area contributed by atoms with Crippen LogP contribution in [-0.4, -0.2) is 17.6 Å². The van der Waals surface area contributed by atoms with Crippen molar-refractivity contribution in [2.75, 3.05) is 6.54 Å². The number of aliphatic hydroxyl groups is 1. The molecule has 1 unspecified atom stereocenters. The zero-order valence-electron chi connectivity index (χ0n) is 15.4. The fourth-order valence-electron chi connectivity index (χ4n) is 2.69. The maximum atomic E-state index is 13.5. The van der Waals surface area contributed by atoms with Crippen LogP contribution in [0.1, 0.15) is 42.1 Å². The lowest BCUT2D eigenvalue weighted by Gasteiger charge is -2.19. The van der Waals surface area contributed by atoms with Crippen LogP contribution < -0.4 is 10.6 Å². The molecule has 0 heterocycles. The number of aryl methyl sites for hydroxylation is 1. The SMILES string of the molecule is CCNC(=NCc1ccc(F)c(CO)c1)NC(C)c1ccccc1C.I. The first-order chi connectivity index (χ1) is 12.0. The van der Waals surface area contributed by atoms with E-state index in [0.29, 0.717) is 18.1 Å². The van der Waals surface area contributed by atoms with Gasteiger partial charge in [0.25, 0.3) is 0 Å². The highest BCUT2D eigenvalue weighted by atomic mass is 127. The van der Waals surface area contributed by atoms with Gasteiger partial charge in [0, 0.05) is 12.1 Å². The second-order valence-electron chi connectivity index (χ2n) is 6.00. The van der Waals surface area contributed by atoms with E-state index in [1.165, 1.54) is 17.2 Å². The van der Waals surface area contributed by atoms with E-state index in [9.17, 15) is 9.50 Å². The molecular formula is C20H27FIN3O. The summed E-state index contributed by atoms with van der Waals surface area (Å²) in [6.07, 6.45) is 0. The number of hydrogen-bond acceptors (Lipinski definition) is 2. The molecule has 3 N–H and O–H groups in total. The molecule has 0 aliphatic rings. The molecule has 2 rings (SSSR count). The van der Waals surface area contributed by atoms with Crippen LogP contribution >= 0.6 is 24.0 Å². The molecule has 0 aromatic heterocycles. The van der Waals surface area contributed by atoms with Crippen molar-refractivity contribution in [1.82, 2.24) is 10.6 Å². The quantitative estimate of drug-likeness (QED) is 0.339. The second kappa shape index (κ2) is 11.1. The van der Waals surface area contributed by atoms with Crippen molar-refractivity contribution in [3.63, 3.8) is 0 Å². The minimum atomic E-state index is -0.395. The summed E-state index contributed by atoms with van der Waals surface area (Å²) in [5.41, 5.74) is 3.59. The van der Waals surface area contributed by atoms with E-state index in [1.54, 1.807) is 12.1 Å². The highest BCUT2D eigenvalue weighted by Gasteiger charge is 2.10. The Balaban J connectivity index is 0.00000338. The van der Waals surface area contributed by atoms with Crippen molar-refractivity contribution in [1.29, 1.82) is 0 Å². The fourth-order valence-corrected chi connectivity index (χ4v) is 2.69. The second-order valence-corrected chi connectivity index (χ2v) is 6.00. The van der Waals surface area contributed by atoms with Crippen LogP contribution in [-0.2, 0) is 13.2 Å². The average Bonchev–Trinajstić information content (AvgIpc) is 2.61. The van der Waals surface area contributed by atoms with Crippen LogP contribution in [0.5, 0.6) is 0 Å². The molecule has 26 heavy (non-hydrogen) atoms. The van der Waals surface area contributed by atoms with Gasteiger partial charge in [0.15, 0.2) is 5.96 Å². The maximum Gasteiger partial charge on any atom is 0.192 e. The normalized spacial score (nSPS) is 12.3. The lowest BCUT2D eigenvalue weighted by Crippen LogP contribution is -2.38. The standard InChI is InChI=1S/C20H26FN3O.HI/c1-4-22-20(24-15(3)18-8-6-5-7-14(18)2)23-12-16-9-10-19(21)17(11-16)13-25;/h5-11,15,25H,4,12-13H2,1-3H3,(H2,22,23,24);1H. The lowest BCUT2D eigenvalue weighted by atomic mass is 10.0. The third-order valence-electron chi connectivity index (χ3n) is 4.05. The minimum Gasteiger partial charge on any atom is -0.392 e. The van der Waals surface area contributed by atoms with Gasteiger partial charge in [0.2, 0.25) is 0 Å². The van der Waals surface area contributed by atoms with E-state index >= 15 is 0 Å². The number of benzene rings is 2. The van der Waals surface area contributed by atoms with Gasteiger partial charge in [-0.2, -0.15) is 0 Å². The molecule has 0 saturated carbocycles. The molecule has 0 amide bonds. The largest absolute Gasteiger partial charge is 0.392 e. The molecular weight excluding hydrogens is 444 g/mol. The van der Waals surface area contributed by atoms with Gasteiger partial charge in [-0.3, -0.25) is 0 Å². The van der Waals surface area contributed by atoms with Crippen LogP contribution in [0.25, 0.3) is 0 Å². The third-order valence-corrected chi connectivity index (χ3v) is 4.05. The lowest BCUT2D eigenvalue weighted by molar-refractivity contribution is 0.275. The van der Waals surface area contributed by atoms with Gasteiger partial charge in [-0.1, -0.05) is 30.3 Å². The summed E-state index contributed by atoms with van der Waals surface area (Å²) in [5, 5.41) is 15.8. The highest BCUT2D eigenvalue weighted by Crippen LogP contribution is 2.16. The van der Waals surface area contributed by atoms with E-state index in [-0.39, 0.29) is 36.6 Å². The van der Waals surface area contributed by atoms with Crippen molar-refractivity contribution < 1.29 is 9.50 Å². The van der Waals surface area contributed by atoms with Gasteiger partial charge in [-0.25, -0.2) is 9.38 Å². The summed E-state index contributed by atoms with van der Waals surface area (Å²) in [7, 11) is 0. The Morgan fingerprint density at radius 2 is 1.96 bits per heavy atom. The topological polar surface area (TPSA) is 56.7 Å². The highest BCUT2D eigenvalue weighted by molar-refractivity contribution is 14.0. The van der Waals surface area contributed by atoms with Crippen LogP contribution in [0.4, 0.5) is 4.39 Å². The molecule has 0 bridgehead atoms. The number of nitrogens with zero attached hydrogens (tertiary/aromatic N) is 1. The fraction of sp³-hybridized carbons (Fsp3) is 0.350. The van der Waals surface area contributed by atoms with Crippen molar-refractivity contribution in [2.45, 2.75) is 40.0 Å². The first kappa shape index (κ1) is 22.4. The van der Waals surface area contributed by atoms with E-state index in [1.807, 2.05) is 19.1 Å². The van der Waals surface area contributed by atoms with Crippen LogP contribution in [0.3, 0.4) is 0 Å². The summed E-state index contributed by atoms with van der Waals surface area (Å²) >= 11 is 0. The Kier molecular flexibility index (Phi) is 9.58. The zero-order valence-corrected chi connectivity index (χ0v) is 17.8. The number of hydrogen-bond donors (Lipinski definition) is 3. The van der Waals surface area contributed by atoms with Crippen molar-refractivity contribution in [3.05, 3.63) is 70.5 Å². The molecule has 0 fully saturated rings. The third kappa shape index (κ3) is 6.25. The predicted octanol–water partition coefficient (Wildman–Crippen LogP) is 4.06. The van der Waals surface area contributed by atoms with Gasteiger partial charge in [0.1, 0.15) is 5.82 Å². The van der Waals surface area contributed by atoms with E-state index in [2.05, 4.69) is 41.6 Å².